The zero-order valence-corrected chi connectivity index (χ0v) is 9.92. The molecule has 2 aromatic rings. The van der Waals surface area contributed by atoms with Crippen molar-refractivity contribution in [2.45, 2.75) is 20.0 Å². The van der Waals surface area contributed by atoms with E-state index in [1.165, 1.54) is 0 Å². The molecule has 90 valence electrons. The molecule has 0 saturated carbocycles. The van der Waals surface area contributed by atoms with Gasteiger partial charge in [0.1, 0.15) is 0 Å². The molecule has 0 bridgehead atoms. The molecule has 6 heteroatoms. The second-order valence-electron chi connectivity index (χ2n) is 3.75. The summed E-state index contributed by atoms with van der Waals surface area (Å²) in [6.45, 7) is 3.28. The molecular formula is C11H15N5O. The third kappa shape index (κ3) is 2.72. The second kappa shape index (κ2) is 4.82. The maximum absolute atomic E-state index is 11.7. The van der Waals surface area contributed by atoms with E-state index in [0.29, 0.717) is 12.1 Å². The maximum Gasteiger partial charge on any atom is 0.254 e. The number of hydrogen-bond acceptors (Lipinski definition) is 3. The lowest BCUT2D eigenvalue weighted by atomic mass is 10.3. The van der Waals surface area contributed by atoms with Gasteiger partial charge in [-0.2, -0.15) is 10.2 Å². The highest BCUT2D eigenvalue weighted by atomic mass is 16.1. The van der Waals surface area contributed by atoms with Gasteiger partial charge in [-0.05, 0) is 13.0 Å². The second-order valence-corrected chi connectivity index (χ2v) is 3.75. The van der Waals surface area contributed by atoms with Crippen LogP contribution in [0.4, 0.5) is 0 Å². The van der Waals surface area contributed by atoms with Crippen LogP contribution in [-0.4, -0.2) is 25.5 Å². The molecule has 2 aromatic heterocycles. The zero-order chi connectivity index (χ0) is 12.3. The minimum Gasteiger partial charge on any atom is -0.346 e. The average Bonchev–Trinajstić information content (AvgIpc) is 2.94. The first kappa shape index (κ1) is 11.4. The molecule has 2 rings (SSSR count). The number of nitrogens with one attached hydrogen (secondary N) is 1. The van der Waals surface area contributed by atoms with Crippen molar-refractivity contribution in [1.82, 2.24) is 24.9 Å². The summed E-state index contributed by atoms with van der Waals surface area (Å²) < 4.78 is 3.42. The molecule has 0 saturated heterocycles. The van der Waals surface area contributed by atoms with Gasteiger partial charge in [-0.3, -0.25) is 14.2 Å². The normalized spacial score (nSPS) is 10.5. The molecule has 6 nitrogen and oxygen atoms in total. The van der Waals surface area contributed by atoms with Gasteiger partial charge in [-0.15, -0.1) is 0 Å². The van der Waals surface area contributed by atoms with Gasteiger partial charge >= 0.3 is 0 Å². The largest absolute Gasteiger partial charge is 0.346 e. The number of hydrogen-bond donors (Lipinski definition) is 1. The summed E-state index contributed by atoms with van der Waals surface area (Å²) >= 11 is 0. The summed E-state index contributed by atoms with van der Waals surface area (Å²) in [4.78, 5) is 11.7. The number of aryl methyl sites for hydroxylation is 2. The lowest BCUT2D eigenvalue weighted by molar-refractivity contribution is 0.0950. The molecule has 0 aliphatic heterocycles. The zero-order valence-electron chi connectivity index (χ0n) is 9.92. The Morgan fingerprint density at radius 3 is 2.94 bits per heavy atom. The van der Waals surface area contributed by atoms with E-state index >= 15 is 0 Å². The van der Waals surface area contributed by atoms with Gasteiger partial charge < -0.3 is 5.32 Å². The van der Waals surface area contributed by atoms with Crippen LogP contribution in [0.25, 0.3) is 0 Å². The van der Waals surface area contributed by atoms with Crippen LogP contribution in [-0.2, 0) is 20.1 Å². The fraction of sp³-hybridized carbons (Fsp3) is 0.364. The standard InChI is InChI=1S/C11H15N5O/c1-3-16-5-4-10(14-16)7-12-11(17)9-6-13-15(2)8-9/h4-6,8H,3,7H2,1-2H3,(H,12,17). The van der Waals surface area contributed by atoms with Gasteiger partial charge in [0.25, 0.3) is 5.91 Å². The minimum absolute atomic E-state index is 0.135. The molecule has 0 spiro atoms. The van der Waals surface area contributed by atoms with Gasteiger partial charge in [0, 0.05) is 26.0 Å². The van der Waals surface area contributed by atoms with Crippen LogP contribution >= 0.6 is 0 Å². The van der Waals surface area contributed by atoms with Crippen LogP contribution in [0.2, 0.25) is 0 Å². The van der Waals surface area contributed by atoms with E-state index in [2.05, 4.69) is 15.5 Å². The molecule has 0 unspecified atom stereocenters. The molecule has 0 aliphatic carbocycles. The Labute approximate surface area is 99.2 Å². The summed E-state index contributed by atoms with van der Waals surface area (Å²) in [6.07, 6.45) is 5.12. The Morgan fingerprint density at radius 1 is 1.53 bits per heavy atom. The highest BCUT2D eigenvalue weighted by Gasteiger charge is 2.07. The van der Waals surface area contributed by atoms with Crippen molar-refractivity contribution in [3.8, 4) is 0 Å². The first-order valence-electron chi connectivity index (χ1n) is 5.48. The fourth-order valence-electron chi connectivity index (χ4n) is 1.49. The van der Waals surface area contributed by atoms with E-state index in [1.807, 2.05) is 23.9 Å². The van der Waals surface area contributed by atoms with Crippen LogP contribution in [0.15, 0.2) is 24.7 Å². The van der Waals surface area contributed by atoms with Gasteiger partial charge in [-0.25, -0.2) is 0 Å². The third-order valence-electron chi connectivity index (χ3n) is 2.42. The molecular weight excluding hydrogens is 218 g/mol. The number of nitrogens with zero attached hydrogens (tertiary/aromatic N) is 4. The van der Waals surface area contributed by atoms with Gasteiger partial charge in [0.15, 0.2) is 0 Å². The van der Waals surface area contributed by atoms with Crippen LogP contribution < -0.4 is 5.32 Å². The van der Waals surface area contributed by atoms with Crippen molar-refractivity contribution >= 4 is 5.91 Å². The Balaban J connectivity index is 1.92. The lowest BCUT2D eigenvalue weighted by Crippen LogP contribution is -2.22. The highest BCUT2D eigenvalue weighted by molar-refractivity contribution is 5.93. The SMILES string of the molecule is CCn1ccc(CNC(=O)c2cnn(C)c2)n1. The summed E-state index contributed by atoms with van der Waals surface area (Å²) in [7, 11) is 1.78. The van der Waals surface area contributed by atoms with Crippen molar-refractivity contribution < 1.29 is 4.79 Å². The van der Waals surface area contributed by atoms with Gasteiger partial charge in [-0.1, -0.05) is 0 Å². The lowest BCUT2D eigenvalue weighted by Gasteiger charge is -2.00. The number of carbonyl (C=O) groups is 1. The Morgan fingerprint density at radius 2 is 2.35 bits per heavy atom. The molecule has 1 N–H and O–H groups in total. The van der Waals surface area contributed by atoms with E-state index < -0.39 is 0 Å². The van der Waals surface area contributed by atoms with Crippen LogP contribution in [0.5, 0.6) is 0 Å². The van der Waals surface area contributed by atoms with Crippen molar-refractivity contribution in [2.24, 2.45) is 7.05 Å². The average molecular weight is 233 g/mol. The molecule has 17 heavy (non-hydrogen) atoms. The number of carbonyl (C=O) groups excluding carboxylic acids is 1. The smallest absolute Gasteiger partial charge is 0.254 e. The Hall–Kier alpha value is -2.11. The predicted octanol–water partition coefficient (Wildman–Crippen LogP) is 0.566. The first-order valence-corrected chi connectivity index (χ1v) is 5.48. The quantitative estimate of drug-likeness (QED) is 0.839. The predicted molar refractivity (Wildman–Crippen MR) is 62.3 cm³/mol. The monoisotopic (exact) mass is 233 g/mol. The first-order chi connectivity index (χ1) is 8.19. The summed E-state index contributed by atoms with van der Waals surface area (Å²) in [6, 6.07) is 1.90. The van der Waals surface area contributed by atoms with E-state index in [9.17, 15) is 4.79 Å². The molecule has 0 aromatic carbocycles. The molecule has 1 amide bonds. The summed E-state index contributed by atoms with van der Waals surface area (Å²) in [5, 5.41) is 11.0. The third-order valence-corrected chi connectivity index (χ3v) is 2.42. The van der Waals surface area contributed by atoms with E-state index in [4.69, 9.17) is 0 Å². The minimum atomic E-state index is -0.135. The van der Waals surface area contributed by atoms with Crippen LogP contribution in [0.1, 0.15) is 23.0 Å². The van der Waals surface area contributed by atoms with E-state index in [-0.39, 0.29) is 5.91 Å². The van der Waals surface area contributed by atoms with Crippen LogP contribution in [0.3, 0.4) is 0 Å². The van der Waals surface area contributed by atoms with Gasteiger partial charge in [0.2, 0.25) is 0 Å². The molecule has 0 fully saturated rings. The fourth-order valence-corrected chi connectivity index (χ4v) is 1.49. The summed E-state index contributed by atoms with van der Waals surface area (Å²) in [5.41, 5.74) is 1.41. The van der Waals surface area contributed by atoms with Crippen molar-refractivity contribution in [3.63, 3.8) is 0 Å². The van der Waals surface area contributed by atoms with Crippen molar-refractivity contribution in [2.75, 3.05) is 0 Å². The van der Waals surface area contributed by atoms with Gasteiger partial charge in [0.05, 0.1) is 24.0 Å². The van der Waals surface area contributed by atoms with E-state index in [1.54, 1.807) is 24.1 Å². The number of aromatic nitrogens is 4. The van der Waals surface area contributed by atoms with Crippen LogP contribution in [0, 0.1) is 0 Å². The maximum atomic E-state index is 11.7. The Kier molecular flexibility index (Phi) is 3.22. The highest BCUT2D eigenvalue weighted by Crippen LogP contribution is 1.98. The number of rotatable bonds is 4. The topological polar surface area (TPSA) is 64.7 Å². The van der Waals surface area contributed by atoms with E-state index in [0.717, 1.165) is 12.2 Å². The molecule has 0 aliphatic rings. The number of amides is 1. The molecule has 2 heterocycles. The summed E-state index contributed by atoms with van der Waals surface area (Å²) in [5.74, 6) is -0.135. The molecule has 0 atom stereocenters. The van der Waals surface area contributed by atoms with Crippen molar-refractivity contribution in [3.05, 3.63) is 35.9 Å². The Bertz CT molecular complexity index is 513. The van der Waals surface area contributed by atoms with Crippen molar-refractivity contribution in [1.29, 1.82) is 0 Å². The molecule has 0 radical (unpaired) electrons.